The van der Waals surface area contributed by atoms with Gasteiger partial charge in [-0.05, 0) is 12.0 Å². The van der Waals surface area contributed by atoms with E-state index in [1.165, 1.54) is 0 Å². The van der Waals surface area contributed by atoms with E-state index in [2.05, 4.69) is 10.4 Å². The minimum Gasteiger partial charge on any atom is -0.373 e. The van der Waals surface area contributed by atoms with Crippen molar-refractivity contribution in [2.75, 3.05) is 13.2 Å². The van der Waals surface area contributed by atoms with Gasteiger partial charge < -0.3 is 15.8 Å². The first-order chi connectivity index (χ1) is 11.1. The fraction of sp³-hybridized carbons (Fsp3) is 0.412. The molecule has 0 bridgehead atoms. The second-order valence-electron chi connectivity index (χ2n) is 5.94. The van der Waals surface area contributed by atoms with Crippen LogP contribution in [0.5, 0.6) is 0 Å². The van der Waals surface area contributed by atoms with Crippen molar-refractivity contribution in [1.29, 1.82) is 0 Å². The van der Waals surface area contributed by atoms with E-state index in [-0.39, 0.29) is 12.0 Å². The highest BCUT2D eigenvalue weighted by atomic mass is 16.5. The predicted molar refractivity (Wildman–Crippen MR) is 86.4 cm³/mol. The molecule has 2 heterocycles. The van der Waals surface area contributed by atoms with Gasteiger partial charge in [0, 0.05) is 37.9 Å². The molecule has 1 saturated heterocycles. The Morgan fingerprint density at radius 2 is 2.26 bits per heavy atom. The Morgan fingerprint density at radius 1 is 1.48 bits per heavy atom. The summed E-state index contributed by atoms with van der Waals surface area (Å²) in [6.45, 7) is 1.39. The largest absolute Gasteiger partial charge is 0.373 e. The standard InChI is InChI=1S/C17H22N4O2/c1-21-11-14(10-20-21)16-13(7-8-23-16)9-19-15(17(18)22)12-5-3-2-4-6-12/h2-6,10-11,13,15-16,19H,7-9H2,1H3,(H2,18,22)/t13-,15+,16+/m0/s1. The van der Waals surface area contributed by atoms with E-state index >= 15 is 0 Å². The third-order valence-corrected chi connectivity index (χ3v) is 4.27. The first kappa shape index (κ1) is 15.7. The lowest BCUT2D eigenvalue weighted by molar-refractivity contribution is -0.120. The molecule has 1 aliphatic heterocycles. The minimum atomic E-state index is -0.480. The van der Waals surface area contributed by atoms with Gasteiger partial charge in [-0.25, -0.2) is 0 Å². The van der Waals surface area contributed by atoms with Gasteiger partial charge in [0.05, 0.1) is 12.3 Å². The van der Waals surface area contributed by atoms with Crippen LogP contribution in [0.2, 0.25) is 0 Å². The number of rotatable bonds is 6. The quantitative estimate of drug-likeness (QED) is 0.842. The Bertz CT molecular complexity index is 656. The maximum atomic E-state index is 11.8. The van der Waals surface area contributed by atoms with Crippen LogP contribution in [0, 0.1) is 5.92 Å². The summed E-state index contributed by atoms with van der Waals surface area (Å²) >= 11 is 0. The molecule has 1 aromatic heterocycles. The zero-order valence-electron chi connectivity index (χ0n) is 13.2. The maximum Gasteiger partial charge on any atom is 0.239 e. The van der Waals surface area contributed by atoms with Crippen LogP contribution in [0.1, 0.15) is 29.7 Å². The molecule has 3 rings (SSSR count). The van der Waals surface area contributed by atoms with Crippen LogP contribution in [0.4, 0.5) is 0 Å². The van der Waals surface area contributed by atoms with Crippen LogP contribution >= 0.6 is 0 Å². The van der Waals surface area contributed by atoms with Gasteiger partial charge in [-0.15, -0.1) is 0 Å². The SMILES string of the molecule is Cn1cc([C@@H]2OCC[C@H]2CN[C@@H](C(N)=O)c2ccccc2)cn1. The number of carbonyl (C=O) groups excluding carboxylic acids is 1. The summed E-state index contributed by atoms with van der Waals surface area (Å²) in [6.07, 6.45) is 4.78. The first-order valence-electron chi connectivity index (χ1n) is 7.83. The van der Waals surface area contributed by atoms with Crippen LogP contribution in [0.25, 0.3) is 0 Å². The Balaban J connectivity index is 1.67. The number of hydrogen-bond donors (Lipinski definition) is 2. The Morgan fingerprint density at radius 3 is 2.91 bits per heavy atom. The molecule has 2 aromatic rings. The maximum absolute atomic E-state index is 11.8. The molecule has 0 radical (unpaired) electrons. The van der Waals surface area contributed by atoms with Crippen LogP contribution in [-0.2, 0) is 16.6 Å². The van der Waals surface area contributed by atoms with Crippen molar-refractivity contribution in [3.63, 3.8) is 0 Å². The van der Waals surface area contributed by atoms with Crippen molar-refractivity contribution in [2.24, 2.45) is 18.7 Å². The minimum absolute atomic E-state index is 0.0144. The number of amides is 1. The van der Waals surface area contributed by atoms with Crippen molar-refractivity contribution in [2.45, 2.75) is 18.6 Å². The first-order valence-corrected chi connectivity index (χ1v) is 7.83. The number of carbonyl (C=O) groups is 1. The van der Waals surface area contributed by atoms with Crippen molar-refractivity contribution in [3.8, 4) is 0 Å². The number of primary amides is 1. The third kappa shape index (κ3) is 3.60. The third-order valence-electron chi connectivity index (χ3n) is 4.27. The fourth-order valence-electron chi connectivity index (χ4n) is 3.10. The highest BCUT2D eigenvalue weighted by Crippen LogP contribution is 2.34. The molecule has 1 aromatic carbocycles. The number of nitrogens with zero attached hydrogens (tertiary/aromatic N) is 2. The average molecular weight is 314 g/mol. The van der Waals surface area contributed by atoms with Crippen LogP contribution in [0.15, 0.2) is 42.7 Å². The number of nitrogens with one attached hydrogen (secondary N) is 1. The number of ether oxygens (including phenoxy) is 1. The van der Waals surface area contributed by atoms with Gasteiger partial charge in [-0.3, -0.25) is 9.48 Å². The van der Waals surface area contributed by atoms with E-state index in [0.29, 0.717) is 12.5 Å². The molecular weight excluding hydrogens is 292 g/mol. The smallest absolute Gasteiger partial charge is 0.239 e. The zero-order valence-corrected chi connectivity index (χ0v) is 13.2. The second-order valence-corrected chi connectivity index (χ2v) is 5.94. The highest BCUT2D eigenvalue weighted by molar-refractivity contribution is 5.81. The molecule has 1 amide bonds. The highest BCUT2D eigenvalue weighted by Gasteiger charge is 2.31. The molecule has 3 N–H and O–H groups in total. The summed E-state index contributed by atoms with van der Waals surface area (Å²) in [5.41, 5.74) is 7.52. The number of aryl methyl sites for hydroxylation is 1. The summed E-state index contributed by atoms with van der Waals surface area (Å²) < 4.78 is 7.63. The molecular formula is C17H22N4O2. The summed E-state index contributed by atoms with van der Waals surface area (Å²) in [4.78, 5) is 11.8. The molecule has 6 heteroatoms. The van der Waals surface area contributed by atoms with Crippen LogP contribution in [-0.4, -0.2) is 28.8 Å². The molecule has 1 fully saturated rings. The number of hydrogen-bond acceptors (Lipinski definition) is 4. The lowest BCUT2D eigenvalue weighted by Crippen LogP contribution is -2.37. The lowest BCUT2D eigenvalue weighted by Gasteiger charge is -2.21. The topological polar surface area (TPSA) is 82.2 Å². The molecule has 0 aliphatic carbocycles. The fourth-order valence-corrected chi connectivity index (χ4v) is 3.10. The molecule has 3 atom stereocenters. The molecule has 1 aliphatic rings. The summed E-state index contributed by atoms with van der Waals surface area (Å²) in [5.74, 6) is -0.0715. The summed E-state index contributed by atoms with van der Waals surface area (Å²) in [6, 6.07) is 9.07. The predicted octanol–water partition coefficient (Wildman–Crippen LogP) is 1.31. The molecule has 0 unspecified atom stereocenters. The monoisotopic (exact) mass is 314 g/mol. The van der Waals surface area contributed by atoms with Gasteiger partial charge >= 0.3 is 0 Å². The normalized spacial score (nSPS) is 22.1. The second kappa shape index (κ2) is 6.93. The zero-order chi connectivity index (χ0) is 16.2. The van der Waals surface area contributed by atoms with E-state index in [0.717, 1.165) is 24.2 Å². The molecule has 0 saturated carbocycles. The Hall–Kier alpha value is -2.18. The van der Waals surface area contributed by atoms with E-state index < -0.39 is 6.04 Å². The Labute approximate surface area is 135 Å². The Kier molecular flexibility index (Phi) is 4.73. The molecule has 23 heavy (non-hydrogen) atoms. The summed E-state index contributed by atoms with van der Waals surface area (Å²) in [7, 11) is 1.89. The van der Waals surface area contributed by atoms with Gasteiger partial charge in [-0.2, -0.15) is 5.10 Å². The number of aromatic nitrogens is 2. The molecule has 122 valence electrons. The van der Waals surface area contributed by atoms with Gasteiger partial charge in [0.2, 0.25) is 5.91 Å². The van der Waals surface area contributed by atoms with E-state index in [9.17, 15) is 4.79 Å². The van der Waals surface area contributed by atoms with Gasteiger partial charge in [0.15, 0.2) is 0 Å². The molecule has 6 nitrogen and oxygen atoms in total. The van der Waals surface area contributed by atoms with Crippen LogP contribution in [0.3, 0.4) is 0 Å². The van der Waals surface area contributed by atoms with E-state index in [1.54, 1.807) is 4.68 Å². The van der Waals surface area contributed by atoms with Crippen molar-refractivity contribution in [1.82, 2.24) is 15.1 Å². The summed E-state index contributed by atoms with van der Waals surface area (Å²) in [5, 5.41) is 7.51. The van der Waals surface area contributed by atoms with Crippen LogP contribution < -0.4 is 11.1 Å². The van der Waals surface area contributed by atoms with Crippen molar-refractivity contribution < 1.29 is 9.53 Å². The van der Waals surface area contributed by atoms with Crippen molar-refractivity contribution >= 4 is 5.91 Å². The van der Waals surface area contributed by atoms with Crippen molar-refractivity contribution in [3.05, 3.63) is 53.9 Å². The van der Waals surface area contributed by atoms with Gasteiger partial charge in [0.1, 0.15) is 6.04 Å². The molecule has 0 spiro atoms. The number of nitrogens with two attached hydrogens (primary N) is 1. The van der Waals surface area contributed by atoms with Gasteiger partial charge in [0.25, 0.3) is 0 Å². The lowest BCUT2D eigenvalue weighted by atomic mass is 9.96. The number of benzene rings is 1. The van der Waals surface area contributed by atoms with Gasteiger partial charge in [-0.1, -0.05) is 30.3 Å². The van der Waals surface area contributed by atoms with E-state index in [1.807, 2.05) is 49.8 Å². The van der Waals surface area contributed by atoms with E-state index in [4.69, 9.17) is 10.5 Å². The average Bonchev–Trinajstić information content (AvgIpc) is 3.17.